The van der Waals surface area contributed by atoms with E-state index in [0.717, 1.165) is 17.7 Å². The molecular weight excluding hydrogens is 176 g/mol. The Morgan fingerprint density at radius 2 is 2.42 bits per heavy atom. The average Bonchev–Trinajstić information content (AvgIpc) is 2.49. The van der Waals surface area contributed by atoms with Gasteiger partial charge in [-0.3, -0.25) is 0 Å². The molecule has 12 heavy (non-hydrogen) atoms. The minimum Gasteiger partial charge on any atom is -0.486 e. The van der Waals surface area contributed by atoms with Crippen LogP contribution >= 0.6 is 11.6 Å². The van der Waals surface area contributed by atoms with Crippen molar-refractivity contribution in [3.63, 3.8) is 0 Å². The van der Waals surface area contributed by atoms with E-state index in [1.165, 1.54) is 0 Å². The Morgan fingerprint density at radius 1 is 1.58 bits per heavy atom. The third-order valence-corrected chi connectivity index (χ3v) is 2.28. The van der Waals surface area contributed by atoms with Gasteiger partial charge in [0, 0.05) is 6.42 Å². The first-order valence-corrected chi connectivity index (χ1v) is 4.24. The van der Waals surface area contributed by atoms with Crippen molar-refractivity contribution in [2.45, 2.75) is 12.5 Å². The highest BCUT2D eigenvalue weighted by Gasteiger charge is 2.23. The van der Waals surface area contributed by atoms with Gasteiger partial charge in [0.2, 0.25) is 0 Å². The number of rotatable bonds is 1. The molecule has 3 heteroatoms. The van der Waals surface area contributed by atoms with E-state index < -0.39 is 0 Å². The van der Waals surface area contributed by atoms with Gasteiger partial charge in [0.25, 0.3) is 0 Å². The van der Waals surface area contributed by atoms with E-state index in [-0.39, 0.29) is 12.7 Å². The largest absolute Gasteiger partial charge is 0.486 e. The molecule has 1 aliphatic heterocycles. The van der Waals surface area contributed by atoms with E-state index in [2.05, 4.69) is 0 Å². The van der Waals surface area contributed by atoms with Crippen molar-refractivity contribution in [3.8, 4) is 5.75 Å². The van der Waals surface area contributed by atoms with Crippen LogP contribution in [0.3, 0.4) is 0 Å². The van der Waals surface area contributed by atoms with Crippen LogP contribution in [0.2, 0.25) is 5.02 Å². The molecule has 1 heterocycles. The summed E-state index contributed by atoms with van der Waals surface area (Å²) in [5.74, 6) is 0.734. The van der Waals surface area contributed by atoms with Gasteiger partial charge < -0.3 is 9.84 Å². The van der Waals surface area contributed by atoms with Crippen molar-refractivity contribution in [1.82, 2.24) is 0 Å². The van der Waals surface area contributed by atoms with Crippen LogP contribution in [0, 0.1) is 0 Å². The number of hydrogen-bond donors (Lipinski definition) is 1. The second kappa shape index (κ2) is 2.96. The Kier molecular flexibility index (Phi) is 1.95. The van der Waals surface area contributed by atoms with Crippen LogP contribution in [0.4, 0.5) is 0 Å². The molecule has 0 aliphatic carbocycles. The van der Waals surface area contributed by atoms with Crippen LogP contribution in [-0.2, 0) is 6.42 Å². The molecule has 0 spiro atoms. The van der Waals surface area contributed by atoms with Gasteiger partial charge >= 0.3 is 0 Å². The SMILES string of the molecule is OC[C@H]1Cc2cccc(Cl)c2O1. The third-order valence-electron chi connectivity index (χ3n) is 1.98. The van der Waals surface area contributed by atoms with Crippen LogP contribution in [0.15, 0.2) is 18.2 Å². The molecule has 1 aliphatic rings. The van der Waals surface area contributed by atoms with Crippen LogP contribution in [-0.4, -0.2) is 17.8 Å². The normalized spacial score (nSPS) is 20.3. The van der Waals surface area contributed by atoms with Gasteiger partial charge in [-0.15, -0.1) is 0 Å². The van der Waals surface area contributed by atoms with E-state index in [4.69, 9.17) is 21.4 Å². The van der Waals surface area contributed by atoms with Crippen molar-refractivity contribution in [2.75, 3.05) is 6.61 Å². The first-order chi connectivity index (χ1) is 5.81. The summed E-state index contributed by atoms with van der Waals surface area (Å²) in [4.78, 5) is 0. The molecular formula is C9H9ClO2. The maximum Gasteiger partial charge on any atom is 0.141 e. The standard InChI is InChI=1S/C9H9ClO2/c10-8-3-1-2-6-4-7(5-11)12-9(6)8/h1-3,7,11H,4-5H2/t7-/m1/s1. The zero-order chi connectivity index (χ0) is 8.55. The summed E-state index contributed by atoms with van der Waals surface area (Å²) >= 11 is 5.89. The smallest absolute Gasteiger partial charge is 0.141 e. The van der Waals surface area contributed by atoms with Crippen molar-refractivity contribution in [1.29, 1.82) is 0 Å². The molecule has 1 N–H and O–H groups in total. The first kappa shape index (κ1) is 7.90. The summed E-state index contributed by atoms with van der Waals surface area (Å²) in [6.45, 7) is 0.0466. The number of ether oxygens (including phenoxy) is 1. The molecule has 0 radical (unpaired) electrons. The second-order valence-electron chi connectivity index (χ2n) is 2.85. The molecule has 0 aromatic heterocycles. The summed E-state index contributed by atoms with van der Waals surface area (Å²) < 4.78 is 5.40. The number of benzene rings is 1. The second-order valence-corrected chi connectivity index (χ2v) is 3.26. The van der Waals surface area contributed by atoms with Gasteiger partial charge in [-0.25, -0.2) is 0 Å². The lowest BCUT2D eigenvalue weighted by Gasteiger charge is -2.05. The van der Waals surface area contributed by atoms with Gasteiger partial charge in [0.1, 0.15) is 11.9 Å². The minimum atomic E-state index is -0.111. The van der Waals surface area contributed by atoms with Gasteiger partial charge in [0.05, 0.1) is 11.6 Å². The van der Waals surface area contributed by atoms with Crippen LogP contribution in [0.5, 0.6) is 5.75 Å². The topological polar surface area (TPSA) is 29.5 Å². The molecule has 64 valence electrons. The number of fused-ring (bicyclic) bond motifs is 1. The van der Waals surface area contributed by atoms with Gasteiger partial charge in [0.15, 0.2) is 0 Å². The van der Waals surface area contributed by atoms with E-state index in [1.807, 2.05) is 12.1 Å². The highest BCUT2D eigenvalue weighted by atomic mass is 35.5. The molecule has 1 atom stereocenters. The summed E-state index contributed by atoms with van der Waals surface area (Å²) in [7, 11) is 0. The van der Waals surface area contributed by atoms with Crippen molar-refractivity contribution in [2.24, 2.45) is 0 Å². The Morgan fingerprint density at radius 3 is 3.08 bits per heavy atom. The van der Waals surface area contributed by atoms with E-state index in [0.29, 0.717) is 5.02 Å². The molecule has 1 aromatic rings. The Bertz CT molecular complexity index is 299. The third kappa shape index (κ3) is 1.17. The van der Waals surface area contributed by atoms with E-state index in [1.54, 1.807) is 6.07 Å². The molecule has 0 bridgehead atoms. The zero-order valence-electron chi connectivity index (χ0n) is 6.46. The Labute approximate surface area is 75.7 Å². The molecule has 2 rings (SSSR count). The van der Waals surface area contributed by atoms with Crippen molar-refractivity contribution in [3.05, 3.63) is 28.8 Å². The summed E-state index contributed by atoms with van der Waals surface area (Å²) in [5.41, 5.74) is 1.08. The lowest BCUT2D eigenvalue weighted by molar-refractivity contribution is 0.134. The van der Waals surface area contributed by atoms with Crippen LogP contribution < -0.4 is 4.74 Å². The summed E-state index contributed by atoms with van der Waals surface area (Å²) in [6, 6.07) is 5.65. The predicted molar refractivity (Wildman–Crippen MR) is 46.7 cm³/mol. The molecule has 0 saturated heterocycles. The minimum absolute atomic E-state index is 0.0466. The van der Waals surface area contributed by atoms with Gasteiger partial charge in [-0.05, 0) is 11.6 Å². The first-order valence-electron chi connectivity index (χ1n) is 3.86. The number of aliphatic hydroxyl groups excluding tert-OH is 1. The molecule has 0 fully saturated rings. The van der Waals surface area contributed by atoms with Crippen LogP contribution in [0.1, 0.15) is 5.56 Å². The van der Waals surface area contributed by atoms with Gasteiger partial charge in [-0.2, -0.15) is 0 Å². The fourth-order valence-corrected chi connectivity index (χ4v) is 1.64. The monoisotopic (exact) mass is 184 g/mol. The van der Waals surface area contributed by atoms with E-state index in [9.17, 15) is 0 Å². The number of hydrogen-bond acceptors (Lipinski definition) is 2. The average molecular weight is 185 g/mol. The number of halogens is 1. The quantitative estimate of drug-likeness (QED) is 0.719. The van der Waals surface area contributed by atoms with Gasteiger partial charge in [-0.1, -0.05) is 23.7 Å². The van der Waals surface area contributed by atoms with E-state index >= 15 is 0 Å². The lowest BCUT2D eigenvalue weighted by atomic mass is 10.1. The number of para-hydroxylation sites is 1. The molecule has 1 aromatic carbocycles. The van der Waals surface area contributed by atoms with Crippen molar-refractivity contribution < 1.29 is 9.84 Å². The van der Waals surface area contributed by atoms with Crippen molar-refractivity contribution >= 4 is 11.6 Å². The highest BCUT2D eigenvalue weighted by Crippen LogP contribution is 2.35. The number of aliphatic hydroxyl groups is 1. The summed E-state index contributed by atoms with van der Waals surface area (Å²) in [6.07, 6.45) is 0.645. The maximum atomic E-state index is 8.86. The molecule has 0 saturated carbocycles. The summed E-state index contributed by atoms with van der Waals surface area (Å²) in [5, 5.41) is 9.49. The Balaban J connectivity index is 2.35. The lowest BCUT2D eigenvalue weighted by Crippen LogP contribution is -2.17. The molecule has 0 amide bonds. The Hall–Kier alpha value is -0.730. The maximum absolute atomic E-state index is 8.86. The zero-order valence-corrected chi connectivity index (χ0v) is 7.21. The fourth-order valence-electron chi connectivity index (χ4n) is 1.40. The molecule has 0 unspecified atom stereocenters. The molecule has 2 nitrogen and oxygen atoms in total. The fraction of sp³-hybridized carbons (Fsp3) is 0.333. The van der Waals surface area contributed by atoms with Crippen LogP contribution in [0.25, 0.3) is 0 Å². The predicted octanol–water partition coefficient (Wildman–Crippen LogP) is 1.64. The highest BCUT2D eigenvalue weighted by molar-refractivity contribution is 6.32.